The first-order valence-electron chi connectivity index (χ1n) is 14.9. The van der Waals surface area contributed by atoms with Crippen LogP contribution in [0, 0.1) is 0 Å². The SMILES string of the molecule is CN(C(=O)c1ccco1)c1cccc(OCCCN(Cc2cccc(C(F)(F)F)c2Cl)CC(c2ccccc2)c2ccccc2)c1. The van der Waals surface area contributed by atoms with Gasteiger partial charge in [0.2, 0.25) is 0 Å². The molecule has 5 nitrogen and oxygen atoms in total. The molecule has 0 aliphatic heterocycles. The standard InChI is InChI=1S/C37H34ClF3N2O3/c1-42(36(44)34-20-10-22-46-34)30-17-9-18-31(24-30)45-23-11-21-43(25-29-16-8-19-33(35(29)38)37(39,40)41)26-32(27-12-4-2-5-13-27)28-14-6-3-7-15-28/h2-10,12-20,22,24,32H,11,21,23,25-26H2,1H3. The van der Waals surface area contributed by atoms with Crippen LogP contribution in [0.1, 0.15) is 45.1 Å². The van der Waals surface area contributed by atoms with E-state index in [0.29, 0.717) is 43.1 Å². The summed E-state index contributed by atoms with van der Waals surface area (Å²) in [5.74, 6) is 0.527. The Bertz CT molecular complexity index is 1660. The maximum absolute atomic E-state index is 13.7. The number of hydrogen-bond donors (Lipinski definition) is 0. The van der Waals surface area contributed by atoms with Crippen molar-refractivity contribution in [3.8, 4) is 5.75 Å². The predicted octanol–water partition coefficient (Wildman–Crippen LogP) is 9.33. The van der Waals surface area contributed by atoms with Crippen molar-refractivity contribution in [2.75, 3.05) is 31.6 Å². The first kappa shape index (κ1) is 32.9. The minimum absolute atomic E-state index is 0.0215. The van der Waals surface area contributed by atoms with Crippen LogP contribution in [0.25, 0.3) is 0 Å². The van der Waals surface area contributed by atoms with Crippen LogP contribution in [0.4, 0.5) is 18.9 Å². The highest BCUT2D eigenvalue weighted by molar-refractivity contribution is 6.32. The molecule has 238 valence electrons. The highest BCUT2D eigenvalue weighted by Crippen LogP contribution is 2.37. The highest BCUT2D eigenvalue weighted by atomic mass is 35.5. The van der Waals surface area contributed by atoms with E-state index in [1.165, 1.54) is 17.2 Å². The zero-order chi connectivity index (χ0) is 32.5. The van der Waals surface area contributed by atoms with Crippen LogP contribution in [-0.2, 0) is 12.7 Å². The van der Waals surface area contributed by atoms with E-state index in [4.69, 9.17) is 20.8 Å². The Labute approximate surface area is 271 Å². The van der Waals surface area contributed by atoms with E-state index < -0.39 is 11.7 Å². The molecule has 0 fully saturated rings. The van der Waals surface area contributed by atoms with Gasteiger partial charge < -0.3 is 14.1 Å². The van der Waals surface area contributed by atoms with Crippen molar-refractivity contribution < 1.29 is 27.1 Å². The van der Waals surface area contributed by atoms with Crippen molar-refractivity contribution in [1.29, 1.82) is 0 Å². The Morgan fingerprint density at radius 2 is 1.54 bits per heavy atom. The van der Waals surface area contributed by atoms with E-state index in [1.807, 2.05) is 54.6 Å². The molecular weight excluding hydrogens is 613 g/mol. The van der Waals surface area contributed by atoms with Gasteiger partial charge in [-0.3, -0.25) is 9.69 Å². The normalized spacial score (nSPS) is 11.6. The topological polar surface area (TPSA) is 45.9 Å². The number of hydrogen-bond acceptors (Lipinski definition) is 4. The van der Waals surface area contributed by atoms with Gasteiger partial charge in [0.1, 0.15) is 5.75 Å². The lowest BCUT2D eigenvalue weighted by atomic mass is 9.90. The van der Waals surface area contributed by atoms with Gasteiger partial charge in [-0.1, -0.05) is 90.5 Å². The van der Waals surface area contributed by atoms with Crippen molar-refractivity contribution >= 4 is 23.2 Å². The molecular formula is C37H34ClF3N2O3. The second-order valence-electron chi connectivity index (χ2n) is 10.9. The number of nitrogens with zero attached hydrogens (tertiary/aromatic N) is 2. The summed E-state index contributed by atoms with van der Waals surface area (Å²) in [6.45, 7) is 1.68. The molecule has 0 radical (unpaired) electrons. The van der Waals surface area contributed by atoms with Crippen molar-refractivity contribution in [3.05, 3.63) is 155 Å². The lowest BCUT2D eigenvalue weighted by Gasteiger charge is -2.29. The number of rotatable bonds is 13. The van der Waals surface area contributed by atoms with E-state index in [9.17, 15) is 18.0 Å². The number of benzene rings is 4. The molecule has 9 heteroatoms. The second-order valence-corrected chi connectivity index (χ2v) is 11.3. The fourth-order valence-corrected chi connectivity index (χ4v) is 5.66. The monoisotopic (exact) mass is 646 g/mol. The molecule has 1 amide bonds. The molecule has 0 aliphatic carbocycles. The van der Waals surface area contributed by atoms with Gasteiger partial charge in [0.25, 0.3) is 5.91 Å². The maximum Gasteiger partial charge on any atom is 0.417 e. The van der Waals surface area contributed by atoms with Gasteiger partial charge in [-0.2, -0.15) is 13.2 Å². The van der Waals surface area contributed by atoms with Gasteiger partial charge >= 0.3 is 6.18 Å². The number of alkyl halides is 3. The van der Waals surface area contributed by atoms with Crippen LogP contribution in [0.15, 0.2) is 126 Å². The molecule has 0 atom stereocenters. The van der Waals surface area contributed by atoms with Gasteiger partial charge in [-0.25, -0.2) is 0 Å². The first-order chi connectivity index (χ1) is 22.2. The Hall–Kier alpha value is -4.53. The van der Waals surface area contributed by atoms with Crippen LogP contribution in [-0.4, -0.2) is 37.6 Å². The third-order valence-corrected chi connectivity index (χ3v) is 8.20. The number of amides is 1. The van der Waals surface area contributed by atoms with Gasteiger partial charge in [0.15, 0.2) is 5.76 Å². The van der Waals surface area contributed by atoms with Gasteiger partial charge in [-0.15, -0.1) is 0 Å². The second kappa shape index (κ2) is 15.2. The molecule has 0 saturated carbocycles. The lowest BCUT2D eigenvalue weighted by molar-refractivity contribution is -0.137. The Morgan fingerprint density at radius 3 is 2.17 bits per heavy atom. The average Bonchev–Trinajstić information content (AvgIpc) is 3.61. The van der Waals surface area contributed by atoms with Crippen molar-refractivity contribution in [1.82, 2.24) is 4.90 Å². The molecule has 0 saturated heterocycles. The fourth-order valence-electron chi connectivity index (χ4n) is 5.37. The summed E-state index contributed by atoms with van der Waals surface area (Å²) in [4.78, 5) is 16.3. The Balaban J connectivity index is 1.32. The summed E-state index contributed by atoms with van der Waals surface area (Å²) in [6, 6.07) is 34.7. The summed E-state index contributed by atoms with van der Waals surface area (Å²) in [5.41, 5.74) is 2.43. The quantitative estimate of drug-likeness (QED) is 0.120. The number of carbonyl (C=O) groups is 1. The first-order valence-corrected chi connectivity index (χ1v) is 15.3. The summed E-state index contributed by atoms with van der Waals surface area (Å²) < 4.78 is 52.3. The van der Waals surface area contributed by atoms with E-state index >= 15 is 0 Å². The third-order valence-electron chi connectivity index (χ3n) is 7.75. The van der Waals surface area contributed by atoms with Gasteiger partial charge in [-0.05, 0) is 53.4 Å². The Kier molecular flexibility index (Phi) is 10.8. The lowest BCUT2D eigenvalue weighted by Crippen LogP contribution is -2.31. The number of ether oxygens (including phenoxy) is 1. The van der Waals surface area contributed by atoms with Crippen LogP contribution in [0.5, 0.6) is 5.75 Å². The van der Waals surface area contributed by atoms with Crippen LogP contribution in [0.3, 0.4) is 0 Å². The molecule has 0 aliphatic rings. The summed E-state index contributed by atoms with van der Waals surface area (Å²) >= 11 is 6.34. The van der Waals surface area contributed by atoms with Crippen LogP contribution >= 0.6 is 11.6 Å². The summed E-state index contributed by atoms with van der Waals surface area (Å²) in [7, 11) is 1.66. The molecule has 1 heterocycles. The largest absolute Gasteiger partial charge is 0.493 e. The van der Waals surface area contributed by atoms with Crippen molar-refractivity contribution in [2.24, 2.45) is 0 Å². The summed E-state index contributed by atoms with van der Waals surface area (Å²) in [5, 5.41) is -0.280. The third kappa shape index (κ3) is 8.38. The van der Waals surface area contributed by atoms with Crippen molar-refractivity contribution in [3.63, 3.8) is 0 Å². The zero-order valence-corrected chi connectivity index (χ0v) is 26.0. The molecule has 0 unspecified atom stereocenters. The van der Waals surface area contributed by atoms with Gasteiger partial charge in [0.05, 0.1) is 23.5 Å². The molecule has 4 aromatic carbocycles. The molecule has 1 aromatic heterocycles. The van der Waals surface area contributed by atoms with Crippen LogP contribution in [0.2, 0.25) is 5.02 Å². The number of halogens is 4. The molecule has 46 heavy (non-hydrogen) atoms. The number of furan rings is 1. The van der Waals surface area contributed by atoms with Crippen molar-refractivity contribution in [2.45, 2.75) is 25.1 Å². The van der Waals surface area contributed by atoms with Gasteiger partial charge in [0, 0.05) is 44.4 Å². The highest BCUT2D eigenvalue weighted by Gasteiger charge is 2.34. The van der Waals surface area contributed by atoms with E-state index in [0.717, 1.165) is 17.2 Å². The van der Waals surface area contributed by atoms with E-state index in [-0.39, 0.29) is 29.2 Å². The van der Waals surface area contributed by atoms with Crippen LogP contribution < -0.4 is 9.64 Å². The van der Waals surface area contributed by atoms with E-state index in [2.05, 4.69) is 29.2 Å². The predicted molar refractivity (Wildman–Crippen MR) is 174 cm³/mol. The average molecular weight is 647 g/mol. The Morgan fingerprint density at radius 1 is 0.870 bits per heavy atom. The molecule has 5 rings (SSSR count). The minimum Gasteiger partial charge on any atom is -0.493 e. The smallest absolute Gasteiger partial charge is 0.417 e. The molecule has 0 spiro atoms. The maximum atomic E-state index is 13.7. The zero-order valence-electron chi connectivity index (χ0n) is 25.3. The fraction of sp³-hybridized carbons (Fsp3) is 0.216. The molecule has 5 aromatic rings. The molecule has 0 N–H and O–H groups in total. The minimum atomic E-state index is -4.55. The molecule has 0 bridgehead atoms. The van der Waals surface area contributed by atoms with E-state index in [1.54, 1.807) is 31.3 Å². The number of anilines is 1. The summed E-state index contributed by atoms with van der Waals surface area (Å²) in [6.07, 6.45) is -2.50. The number of carbonyl (C=O) groups excluding carboxylic acids is 1.